The molecule has 0 atom stereocenters. The Bertz CT molecular complexity index is 468. The summed E-state index contributed by atoms with van der Waals surface area (Å²) in [5.41, 5.74) is 0.148. The van der Waals surface area contributed by atoms with Gasteiger partial charge in [-0.25, -0.2) is 12.8 Å². The van der Waals surface area contributed by atoms with Gasteiger partial charge in [0.1, 0.15) is 10.7 Å². The number of nitrogens with two attached hydrogens (primary N) is 1. The Kier molecular flexibility index (Phi) is 2.85. The van der Waals surface area contributed by atoms with Gasteiger partial charge < -0.3 is 5.84 Å². The molecule has 14 heavy (non-hydrogen) atoms. The first-order chi connectivity index (χ1) is 6.46. The van der Waals surface area contributed by atoms with E-state index in [1.807, 2.05) is 0 Å². The molecule has 1 rings (SSSR count). The lowest BCUT2D eigenvalue weighted by Crippen LogP contribution is -2.05. The van der Waals surface area contributed by atoms with Crippen molar-refractivity contribution in [2.75, 3.05) is 6.26 Å². The second-order valence-corrected chi connectivity index (χ2v) is 4.66. The molecule has 0 fully saturated rings. The third kappa shape index (κ3) is 2.08. The highest BCUT2D eigenvalue weighted by Crippen LogP contribution is 2.17. The molecule has 1 aromatic carbocycles. The summed E-state index contributed by atoms with van der Waals surface area (Å²) >= 11 is 0. The summed E-state index contributed by atoms with van der Waals surface area (Å²) in [5.74, 6) is 4.07. The molecule has 0 amide bonds. The van der Waals surface area contributed by atoms with Crippen LogP contribution in [-0.4, -0.2) is 20.9 Å². The fourth-order valence-electron chi connectivity index (χ4n) is 1.10. The van der Waals surface area contributed by atoms with E-state index in [9.17, 15) is 12.8 Å². The average molecular weight is 216 g/mol. The van der Waals surface area contributed by atoms with Crippen LogP contribution in [0, 0.1) is 5.82 Å². The quantitative estimate of drug-likeness (QED) is 0.445. The number of rotatable bonds is 2. The minimum atomic E-state index is -3.61. The van der Waals surface area contributed by atoms with Crippen LogP contribution < -0.4 is 5.84 Å². The highest BCUT2D eigenvalue weighted by Gasteiger charge is 2.17. The normalized spacial score (nSPS) is 12.1. The molecule has 76 valence electrons. The van der Waals surface area contributed by atoms with Gasteiger partial charge in [-0.05, 0) is 6.07 Å². The summed E-state index contributed by atoms with van der Waals surface area (Å²) < 4.78 is 35.6. The van der Waals surface area contributed by atoms with Gasteiger partial charge in [0.25, 0.3) is 0 Å². The van der Waals surface area contributed by atoms with E-state index in [1.54, 1.807) is 0 Å². The summed E-state index contributed by atoms with van der Waals surface area (Å²) in [6.45, 7) is 0. The van der Waals surface area contributed by atoms with Gasteiger partial charge >= 0.3 is 0 Å². The van der Waals surface area contributed by atoms with E-state index in [4.69, 9.17) is 5.84 Å². The number of hydrogen-bond acceptors (Lipinski definition) is 4. The second kappa shape index (κ2) is 3.75. The molecule has 0 saturated heterocycles. The number of sulfone groups is 1. The van der Waals surface area contributed by atoms with Gasteiger partial charge in [-0.15, -0.1) is 0 Å². The lowest BCUT2D eigenvalue weighted by atomic mass is 10.2. The molecule has 2 N–H and O–H groups in total. The van der Waals surface area contributed by atoms with E-state index < -0.39 is 15.7 Å². The fraction of sp³-hybridized carbons (Fsp3) is 0.125. The zero-order valence-electron chi connectivity index (χ0n) is 7.44. The lowest BCUT2D eigenvalue weighted by Gasteiger charge is -2.03. The highest BCUT2D eigenvalue weighted by molar-refractivity contribution is 7.90. The molecule has 0 saturated carbocycles. The van der Waals surface area contributed by atoms with Gasteiger partial charge in [0.05, 0.1) is 6.21 Å². The maximum Gasteiger partial charge on any atom is 0.179 e. The molecular weight excluding hydrogens is 207 g/mol. The Morgan fingerprint density at radius 1 is 1.50 bits per heavy atom. The zero-order chi connectivity index (χ0) is 10.8. The molecule has 0 unspecified atom stereocenters. The minimum Gasteiger partial charge on any atom is -0.323 e. The van der Waals surface area contributed by atoms with Gasteiger partial charge in [0, 0.05) is 11.8 Å². The van der Waals surface area contributed by atoms with Crippen LogP contribution in [0.15, 0.2) is 28.2 Å². The van der Waals surface area contributed by atoms with Crippen molar-refractivity contribution in [3.63, 3.8) is 0 Å². The largest absolute Gasteiger partial charge is 0.323 e. The summed E-state index contributed by atoms with van der Waals surface area (Å²) in [6.07, 6.45) is 2.03. The average Bonchev–Trinajstić information content (AvgIpc) is 2.02. The van der Waals surface area contributed by atoms with E-state index in [-0.39, 0.29) is 10.5 Å². The van der Waals surface area contributed by atoms with Crippen LogP contribution in [-0.2, 0) is 9.84 Å². The molecule has 0 radical (unpaired) electrons. The Balaban J connectivity index is 3.53. The minimum absolute atomic E-state index is 0.148. The molecule has 0 aliphatic carbocycles. The van der Waals surface area contributed by atoms with Crippen molar-refractivity contribution in [1.82, 2.24) is 0 Å². The van der Waals surface area contributed by atoms with Gasteiger partial charge in [-0.2, -0.15) is 5.10 Å². The number of benzene rings is 1. The summed E-state index contributed by atoms with van der Waals surface area (Å²) in [7, 11) is -3.61. The van der Waals surface area contributed by atoms with Crippen molar-refractivity contribution in [1.29, 1.82) is 0 Å². The fourth-order valence-corrected chi connectivity index (χ4v) is 2.07. The number of halogens is 1. The SMILES string of the molecule is CS(=O)(=O)c1c(F)cccc1C=NN. The predicted molar refractivity (Wildman–Crippen MR) is 51.3 cm³/mol. The van der Waals surface area contributed by atoms with E-state index >= 15 is 0 Å². The molecule has 0 aromatic heterocycles. The molecule has 4 nitrogen and oxygen atoms in total. The van der Waals surface area contributed by atoms with Crippen LogP contribution in [0.1, 0.15) is 5.56 Å². The first-order valence-corrected chi connectivity index (χ1v) is 5.58. The van der Waals surface area contributed by atoms with Crippen LogP contribution in [0.4, 0.5) is 4.39 Å². The molecule has 0 spiro atoms. The molecule has 0 aliphatic heterocycles. The van der Waals surface area contributed by atoms with Crippen LogP contribution in [0.3, 0.4) is 0 Å². The Hall–Kier alpha value is -1.43. The van der Waals surface area contributed by atoms with E-state index in [1.165, 1.54) is 12.1 Å². The Morgan fingerprint density at radius 3 is 2.64 bits per heavy atom. The van der Waals surface area contributed by atoms with Gasteiger partial charge in [0.2, 0.25) is 0 Å². The van der Waals surface area contributed by atoms with Crippen LogP contribution in [0.25, 0.3) is 0 Å². The van der Waals surface area contributed by atoms with E-state index in [0.29, 0.717) is 0 Å². The van der Waals surface area contributed by atoms with Crippen molar-refractivity contribution in [3.8, 4) is 0 Å². The summed E-state index contributed by atoms with van der Waals surface area (Å²) in [4.78, 5) is -0.380. The smallest absolute Gasteiger partial charge is 0.179 e. The standard InChI is InChI=1S/C8H9FN2O2S/c1-14(12,13)8-6(5-11-10)3-2-4-7(8)9/h2-5H,10H2,1H3. The van der Waals surface area contributed by atoms with Crippen molar-refractivity contribution in [3.05, 3.63) is 29.6 Å². The maximum atomic E-state index is 13.2. The number of hydrogen-bond donors (Lipinski definition) is 1. The summed E-state index contributed by atoms with van der Waals surface area (Å²) in [5, 5.41) is 3.17. The molecule has 0 aliphatic rings. The first kappa shape index (κ1) is 10.6. The Labute approximate surface area is 81.2 Å². The molecule has 0 heterocycles. The lowest BCUT2D eigenvalue weighted by molar-refractivity contribution is 0.570. The van der Waals surface area contributed by atoms with Crippen molar-refractivity contribution >= 4 is 16.1 Å². The topological polar surface area (TPSA) is 72.5 Å². The second-order valence-electron chi connectivity index (χ2n) is 2.71. The van der Waals surface area contributed by atoms with Crippen LogP contribution in [0.2, 0.25) is 0 Å². The van der Waals surface area contributed by atoms with E-state index in [2.05, 4.69) is 5.10 Å². The molecule has 0 bridgehead atoms. The molecule has 6 heteroatoms. The zero-order valence-corrected chi connectivity index (χ0v) is 8.25. The molecular formula is C8H9FN2O2S. The maximum absolute atomic E-state index is 13.2. The van der Waals surface area contributed by atoms with Crippen LogP contribution in [0.5, 0.6) is 0 Å². The van der Waals surface area contributed by atoms with Gasteiger partial charge in [0.15, 0.2) is 9.84 Å². The van der Waals surface area contributed by atoms with Crippen molar-refractivity contribution in [2.24, 2.45) is 10.9 Å². The highest BCUT2D eigenvalue weighted by atomic mass is 32.2. The third-order valence-electron chi connectivity index (χ3n) is 1.58. The number of nitrogens with zero attached hydrogens (tertiary/aromatic N) is 1. The first-order valence-electron chi connectivity index (χ1n) is 3.68. The predicted octanol–water partition coefficient (Wildman–Crippen LogP) is 0.522. The molecule has 1 aromatic rings. The van der Waals surface area contributed by atoms with Gasteiger partial charge in [-0.1, -0.05) is 12.1 Å². The van der Waals surface area contributed by atoms with E-state index in [0.717, 1.165) is 18.5 Å². The third-order valence-corrected chi connectivity index (χ3v) is 2.75. The van der Waals surface area contributed by atoms with Crippen LogP contribution >= 0.6 is 0 Å². The Morgan fingerprint density at radius 2 is 2.14 bits per heavy atom. The monoisotopic (exact) mass is 216 g/mol. The van der Waals surface area contributed by atoms with Gasteiger partial charge in [-0.3, -0.25) is 0 Å². The summed E-state index contributed by atoms with van der Waals surface area (Å²) in [6, 6.07) is 3.89. The van der Waals surface area contributed by atoms with Crippen molar-refractivity contribution in [2.45, 2.75) is 4.90 Å². The number of hydrazone groups is 1. The van der Waals surface area contributed by atoms with Crippen molar-refractivity contribution < 1.29 is 12.8 Å².